The Labute approximate surface area is 139 Å². The van der Waals surface area contributed by atoms with E-state index >= 15 is 0 Å². The van der Waals surface area contributed by atoms with Gasteiger partial charge in [-0.3, -0.25) is 9.59 Å². The smallest absolute Gasteiger partial charge is 0.227 e. The number of para-hydroxylation sites is 1. The predicted octanol–water partition coefficient (Wildman–Crippen LogP) is 3.08. The van der Waals surface area contributed by atoms with E-state index in [9.17, 15) is 9.59 Å². The molecule has 2 N–H and O–H groups in total. The summed E-state index contributed by atoms with van der Waals surface area (Å²) in [6.07, 6.45) is 1.80. The molecule has 5 heteroatoms. The predicted molar refractivity (Wildman–Crippen MR) is 92.6 cm³/mol. The van der Waals surface area contributed by atoms with Gasteiger partial charge in [-0.05, 0) is 42.8 Å². The average Bonchev–Trinajstić information content (AvgIpc) is 3.05. The van der Waals surface area contributed by atoms with Crippen molar-refractivity contribution in [3.05, 3.63) is 52.2 Å². The highest BCUT2D eigenvalue weighted by Gasteiger charge is 2.35. The average molecular weight is 328 g/mol. The Balaban J connectivity index is 1.84. The maximum atomic E-state index is 12.8. The van der Waals surface area contributed by atoms with Gasteiger partial charge in [0.15, 0.2) is 0 Å². The maximum Gasteiger partial charge on any atom is 0.227 e. The fourth-order valence-electron chi connectivity index (χ4n) is 3.27. The topological polar surface area (TPSA) is 63.4 Å². The second-order valence-electron chi connectivity index (χ2n) is 5.94. The van der Waals surface area contributed by atoms with E-state index in [-0.39, 0.29) is 23.8 Å². The van der Waals surface area contributed by atoms with E-state index in [0.29, 0.717) is 12.8 Å². The van der Waals surface area contributed by atoms with Crippen LogP contribution in [0.25, 0.3) is 0 Å². The number of nitrogens with two attached hydrogens (primary N) is 1. The van der Waals surface area contributed by atoms with Gasteiger partial charge in [-0.15, -0.1) is 11.3 Å². The number of hydrogen-bond donors (Lipinski definition) is 1. The molecule has 0 radical (unpaired) electrons. The van der Waals surface area contributed by atoms with Crippen LogP contribution in [-0.2, 0) is 16.0 Å². The zero-order valence-corrected chi connectivity index (χ0v) is 13.9. The number of anilines is 1. The largest absolute Gasteiger partial charge is 0.369 e. The fourth-order valence-corrected chi connectivity index (χ4v) is 3.98. The number of rotatable bonds is 4. The van der Waals surface area contributed by atoms with Gasteiger partial charge in [0, 0.05) is 23.0 Å². The van der Waals surface area contributed by atoms with Crippen LogP contribution in [0.15, 0.2) is 41.8 Å². The number of benzene rings is 1. The van der Waals surface area contributed by atoms with E-state index in [0.717, 1.165) is 17.7 Å². The van der Waals surface area contributed by atoms with Crippen LogP contribution in [0.5, 0.6) is 0 Å². The molecule has 0 saturated carbocycles. The van der Waals surface area contributed by atoms with Gasteiger partial charge in [-0.2, -0.15) is 0 Å². The molecule has 0 aliphatic carbocycles. The van der Waals surface area contributed by atoms with Gasteiger partial charge in [0.2, 0.25) is 11.8 Å². The maximum absolute atomic E-state index is 12.8. The number of nitrogens with zero attached hydrogens (tertiary/aromatic N) is 1. The van der Waals surface area contributed by atoms with Crippen LogP contribution in [-0.4, -0.2) is 17.9 Å². The van der Waals surface area contributed by atoms with Gasteiger partial charge >= 0.3 is 0 Å². The minimum Gasteiger partial charge on any atom is -0.369 e. The number of hydrogen-bond acceptors (Lipinski definition) is 3. The molecule has 2 amide bonds. The van der Waals surface area contributed by atoms with Crippen molar-refractivity contribution in [3.63, 3.8) is 0 Å². The first-order valence-electron chi connectivity index (χ1n) is 7.80. The number of amides is 2. The molecule has 0 saturated heterocycles. The van der Waals surface area contributed by atoms with Crippen LogP contribution < -0.4 is 10.6 Å². The first-order chi connectivity index (χ1) is 11.1. The molecule has 0 bridgehead atoms. The van der Waals surface area contributed by atoms with Crippen LogP contribution in [0.1, 0.15) is 36.1 Å². The van der Waals surface area contributed by atoms with Crippen molar-refractivity contribution in [1.29, 1.82) is 0 Å². The van der Waals surface area contributed by atoms with E-state index in [1.807, 2.05) is 47.5 Å². The second kappa shape index (κ2) is 6.54. The Morgan fingerprint density at radius 3 is 2.74 bits per heavy atom. The van der Waals surface area contributed by atoms with Gasteiger partial charge in [0.05, 0.1) is 5.92 Å². The minimum atomic E-state index is -0.324. The molecule has 2 heterocycles. The molecular formula is C18H20N2O2S. The first-order valence-corrected chi connectivity index (χ1v) is 8.68. The molecule has 2 atom stereocenters. The summed E-state index contributed by atoms with van der Waals surface area (Å²) in [5.41, 5.74) is 7.24. The van der Waals surface area contributed by atoms with E-state index in [4.69, 9.17) is 5.73 Å². The summed E-state index contributed by atoms with van der Waals surface area (Å²) >= 11 is 1.67. The van der Waals surface area contributed by atoms with E-state index in [2.05, 4.69) is 6.07 Å². The summed E-state index contributed by atoms with van der Waals surface area (Å²) in [6.45, 7) is 1.98. The van der Waals surface area contributed by atoms with Crippen molar-refractivity contribution in [3.8, 4) is 0 Å². The number of aryl methyl sites for hydroxylation is 1. The first kappa shape index (κ1) is 15.7. The fraction of sp³-hybridized carbons (Fsp3) is 0.333. The summed E-state index contributed by atoms with van der Waals surface area (Å²) in [5, 5.41) is 2.02. The molecule has 1 aliphatic rings. The molecule has 3 rings (SSSR count). The molecule has 2 aromatic rings. The number of primary amides is 1. The Morgan fingerprint density at radius 2 is 2.04 bits per heavy atom. The molecule has 1 aliphatic heterocycles. The molecule has 120 valence electrons. The third kappa shape index (κ3) is 3.15. The third-order valence-corrected chi connectivity index (χ3v) is 5.30. The molecule has 23 heavy (non-hydrogen) atoms. The highest BCUT2D eigenvalue weighted by molar-refractivity contribution is 7.09. The lowest BCUT2D eigenvalue weighted by Crippen LogP contribution is -2.45. The standard InChI is InChI=1S/C18H20N2O2S/c1-12-11-15(18(19)22)14-6-2-3-7-16(14)20(12)17(21)9-8-13-5-4-10-23-13/h2-7,10,12,15H,8-9,11H2,1H3,(H2,19,22). The monoisotopic (exact) mass is 328 g/mol. The quantitative estimate of drug-likeness (QED) is 0.937. The van der Waals surface area contributed by atoms with Crippen LogP contribution in [0.4, 0.5) is 5.69 Å². The Bertz CT molecular complexity index is 712. The van der Waals surface area contributed by atoms with E-state index in [1.54, 1.807) is 11.3 Å². The number of carbonyl (C=O) groups is 2. The summed E-state index contributed by atoms with van der Waals surface area (Å²) < 4.78 is 0. The van der Waals surface area contributed by atoms with Crippen molar-refractivity contribution in [2.75, 3.05) is 4.90 Å². The minimum absolute atomic E-state index is 0.0294. The van der Waals surface area contributed by atoms with Gasteiger partial charge in [0.1, 0.15) is 0 Å². The normalized spacial score (nSPS) is 20.1. The third-order valence-electron chi connectivity index (χ3n) is 4.37. The van der Waals surface area contributed by atoms with Crippen LogP contribution >= 0.6 is 11.3 Å². The zero-order valence-electron chi connectivity index (χ0n) is 13.1. The Kier molecular flexibility index (Phi) is 4.48. The molecule has 0 fully saturated rings. The molecule has 2 unspecified atom stereocenters. The summed E-state index contributed by atoms with van der Waals surface area (Å²) in [4.78, 5) is 27.5. The van der Waals surface area contributed by atoms with Crippen LogP contribution in [0.3, 0.4) is 0 Å². The molecule has 1 aromatic heterocycles. The second-order valence-corrected chi connectivity index (χ2v) is 6.97. The van der Waals surface area contributed by atoms with Gasteiger partial charge in [-0.25, -0.2) is 0 Å². The van der Waals surface area contributed by atoms with Gasteiger partial charge < -0.3 is 10.6 Å². The lowest BCUT2D eigenvalue weighted by Gasteiger charge is -2.38. The highest BCUT2D eigenvalue weighted by Crippen LogP contribution is 2.38. The Morgan fingerprint density at radius 1 is 1.26 bits per heavy atom. The molecule has 0 spiro atoms. The lowest BCUT2D eigenvalue weighted by atomic mass is 9.85. The lowest BCUT2D eigenvalue weighted by molar-refractivity contribution is -0.121. The number of thiophene rings is 1. The molecular weight excluding hydrogens is 308 g/mol. The van der Waals surface area contributed by atoms with E-state index in [1.165, 1.54) is 4.88 Å². The summed E-state index contributed by atoms with van der Waals surface area (Å²) in [6, 6.07) is 11.6. The van der Waals surface area contributed by atoms with Crippen molar-refractivity contribution < 1.29 is 9.59 Å². The highest BCUT2D eigenvalue weighted by atomic mass is 32.1. The SMILES string of the molecule is CC1CC(C(N)=O)c2ccccc2N1C(=O)CCc1cccs1. The summed E-state index contributed by atoms with van der Waals surface area (Å²) in [7, 11) is 0. The van der Waals surface area contributed by atoms with Gasteiger partial charge in [0.25, 0.3) is 0 Å². The van der Waals surface area contributed by atoms with Crippen molar-refractivity contribution in [2.45, 2.75) is 38.1 Å². The zero-order chi connectivity index (χ0) is 16.4. The van der Waals surface area contributed by atoms with Crippen molar-refractivity contribution >= 4 is 28.8 Å². The van der Waals surface area contributed by atoms with Crippen LogP contribution in [0.2, 0.25) is 0 Å². The number of fused-ring (bicyclic) bond motifs is 1. The van der Waals surface area contributed by atoms with E-state index < -0.39 is 0 Å². The molecule has 1 aromatic carbocycles. The van der Waals surface area contributed by atoms with Crippen LogP contribution in [0, 0.1) is 0 Å². The van der Waals surface area contributed by atoms with Gasteiger partial charge in [-0.1, -0.05) is 24.3 Å². The summed E-state index contributed by atoms with van der Waals surface area (Å²) in [5.74, 6) is -0.543. The molecule has 4 nitrogen and oxygen atoms in total. The Hall–Kier alpha value is -2.14. The van der Waals surface area contributed by atoms with Crippen molar-refractivity contribution in [2.24, 2.45) is 5.73 Å². The van der Waals surface area contributed by atoms with Crippen molar-refractivity contribution in [1.82, 2.24) is 0 Å². The number of carbonyl (C=O) groups excluding carboxylic acids is 2.